The quantitative estimate of drug-likeness (QED) is 0.0264. The highest BCUT2D eigenvalue weighted by Crippen LogP contribution is 2.43. The van der Waals surface area contributed by atoms with Gasteiger partial charge in [0, 0.05) is 19.4 Å². The zero-order valence-electron chi connectivity index (χ0n) is 60.0. The minimum Gasteiger partial charge on any atom is -0.462 e. The summed E-state index contributed by atoms with van der Waals surface area (Å²) in [6.07, 6.45) is 106. The molecule has 532 valence electrons. The van der Waals surface area contributed by atoms with E-state index >= 15 is 0 Å². The number of ether oxygens (including phenoxy) is 2. The van der Waals surface area contributed by atoms with Crippen LogP contribution in [0.4, 0.5) is 0 Å². The molecule has 0 radical (unpaired) electrons. The maximum Gasteiger partial charge on any atom is 0.472 e. The van der Waals surface area contributed by atoms with Crippen LogP contribution in [-0.2, 0) is 32.7 Å². The van der Waals surface area contributed by atoms with Crippen LogP contribution in [0.2, 0.25) is 0 Å². The van der Waals surface area contributed by atoms with E-state index in [9.17, 15) is 19.0 Å². The van der Waals surface area contributed by atoms with Crippen molar-refractivity contribution >= 4 is 19.8 Å². The van der Waals surface area contributed by atoms with Crippen molar-refractivity contribution in [2.24, 2.45) is 5.73 Å². The Balaban J connectivity index is 3.86. The van der Waals surface area contributed by atoms with Crippen LogP contribution in [0.3, 0.4) is 0 Å². The molecular formula is C82H146NO8P. The van der Waals surface area contributed by atoms with E-state index in [1.807, 2.05) is 0 Å². The fourth-order valence-electron chi connectivity index (χ4n) is 11.2. The summed E-state index contributed by atoms with van der Waals surface area (Å²) in [7, 11) is -4.41. The van der Waals surface area contributed by atoms with Gasteiger partial charge in [-0.15, -0.1) is 0 Å². The third-order valence-electron chi connectivity index (χ3n) is 16.9. The average Bonchev–Trinajstić information content (AvgIpc) is 2.93. The Morgan fingerprint density at radius 3 is 0.891 bits per heavy atom. The van der Waals surface area contributed by atoms with Crippen LogP contribution in [0.5, 0.6) is 0 Å². The van der Waals surface area contributed by atoms with Crippen molar-refractivity contribution in [1.29, 1.82) is 0 Å². The number of rotatable bonds is 73. The molecule has 0 aromatic heterocycles. The van der Waals surface area contributed by atoms with Gasteiger partial charge in [0.2, 0.25) is 0 Å². The van der Waals surface area contributed by atoms with E-state index in [0.717, 1.165) is 103 Å². The van der Waals surface area contributed by atoms with Gasteiger partial charge in [-0.05, 0) is 83.5 Å². The first-order chi connectivity index (χ1) is 45.3. The second kappa shape index (κ2) is 76.7. The molecule has 0 saturated carbocycles. The predicted molar refractivity (Wildman–Crippen MR) is 399 cm³/mol. The molecule has 0 aliphatic carbocycles. The third kappa shape index (κ3) is 75.7. The lowest BCUT2D eigenvalue weighted by molar-refractivity contribution is -0.161. The molecule has 3 N–H and O–H groups in total. The largest absolute Gasteiger partial charge is 0.472 e. The molecule has 0 aliphatic heterocycles. The monoisotopic (exact) mass is 1300 g/mol. The molecule has 9 nitrogen and oxygen atoms in total. The number of nitrogens with two attached hydrogens (primary N) is 1. The molecular weight excluding hydrogens is 1160 g/mol. The van der Waals surface area contributed by atoms with E-state index in [2.05, 4.69) is 123 Å². The Bertz CT molecular complexity index is 1880. The van der Waals surface area contributed by atoms with Crippen molar-refractivity contribution < 1.29 is 37.6 Å². The first-order valence-electron chi connectivity index (χ1n) is 38.9. The van der Waals surface area contributed by atoms with E-state index in [4.69, 9.17) is 24.3 Å². The van der Waals surface area contributed by atoms with E-state index < -0.39 is 26.5 Å². The van der Waals surface area contributed by atoms with Crippen LogP contribution in [0.15, 0.2) is 109 Å². The van der Waals surface area contributed by atoms with E-state index in [0.29, 0.717) is 6.42 Å². The summed E-state index contributed by atoms with van der Waals surface area (Å²) < 4.78 is 33.2. The first-order valence-corrected chi connectivity index (χ1v) is 40.4. The van der Waals surface area contributed by atoms with Gasteiger partial charge in [-0.25, -0.2) is 4.57 Å². The molecule has 0 amide bonds. The van der Waals surface area contributed by atoms with Crippen LogP contribution in [0, 0.1) is 0 Å². The lowest BCUT2D eigenvalue weighted by Crippen LogP contribution is -2.29. The van der Waals surface area contributed by atoms with E-state index in [-0.39, 0.29) is 38.6 Å². The molecule has 2 unspecified atom stereocenters. The Morgan fingerprint density at radius 1 is 0.337 bits per heavy atom. The van der Waals surface area contributed by atoms with Gasteiger partial charge in [-0.2, -0.15) is 0 Å². The molecule has 92 heavy (non-hydrogen) atoms. The predicted octanol–water partition coefficient (Wildman–Crippen LogP) is 26.0. The topological polar surface area (TPSA) is 134 Å². The van der Waals surface area contributed by atoms with Gasteiger partial charge in [0.25, 0.3) is 0 Å². The van der Waals surface area contributed by atoms with E-state index in [1.54, 1.807) is 0 Å². The second-order valence-electron chi connectivity index (χ2n) is 25.9. The summed E-state index contributed by atoms with van der Waals surface area (Å²) >= 11 is 0. The lowest BCUT2D eigenvalue weighted by atomic mass is 10.0. The summed E-state index contributed by atoms with van der Waals surface area (Å²) in [6, 6.07) is 0. The number of carbonyl (C=O) groups is 2. The minimum absolute atomic E-state index is 0.0479. The summed E-state index contributed by atoms with van der Waals surface area (Å²) in [5, 5.41) is 0. The highest BCUT2D eigenvalue weighted by Gasteiger charge is 2.26. The highest BCUT2D eigenvalue weighted by atomic mass is 31.2. The average molecular weight is 1310 g/mol. The fourth-order valence-corrected chi connectivity index (χ4v) is 12.0. The molecule has 2 atom stereocenters. The van der Waals surface area contributed by atoms with Gasteiger partial charge in [0.15, 0.2) is 6.10 Å². The van der Waals surface area contributed by atoms with Crippen LogP contribution in [0.25, 0.3) is 0 Å². The maximum absolute atomic E-state index is 12.8. The van der Waals surface area contributed by atoms with Crippen LogP contribution >= 0.6 is 7.82 Å². The number of phosphoric acid groups is 1. The van der Waals surface area contributed by atoms with Crippen LogP contribution < -0.4 is 5.73 Å². The molecule has 0 aliphatic rings. The smallest absolute Gasteiger partial charge is 0.462 e. The number of carbonyl (C=O) groups excluding carboxylic acids is 2. The molecule has 0 aromatic rings. The summed E-state index contributed by atoms with van der Waals surface area (Å²) in [5.74, 6) is -0.831. The molecule has 0 aromatic carbocycles. The van der Waals surface area contributed by atoms with Crippen LogP contribution in [0.1, 0.15) is 367 Å². The standard InChI is InChI=1S/C82H146NO8P/c1-3-5-7-9-11-13-15-17-19-21-23-25-27-29-31-33-35-37-39-41-42-44-46-48-50-52-54-56-58-60-62-64-66-68-70-72-74-81(84)88-78-80(79-90-92(86,87)89-77-76-83)91-82(85)75-73-71-69-67-65-63-61-59-57-55-53-51-49-47-45-43-40-38-36-34-32-30-28-26-24-22-20-18-16-14-12-10-8-6-4-2/h6,8,12,14,18,20,24,26,30,32,36,38,43,45,49,51,55,57,80H,3-5,7,9-11,13,15-17,19,21-23,25,27-29,31,33-35,37,39-42,44,46-48,50,52-54,56,58-79,83H2,1-2H3,(H,86,87)/b8-6-,14-12-,20-18-,26-24-,32-30-,38-36-,45-43-,51-49-,57-55-. The zero-order chi connectivity index (χ0) is 66.5. The number of unbranched alkanes of at least 4 members (excludes halogenated alkanes) is 42. The van der Waals surface area contributed by atoms with Crippen molar-refractivity contribution in [3.8, 4) is 0 Å². The minimum atomic E-state index is -4.41. The number of allylic oxidation sites excluding steroid dienone is 18. The molecule has 0 heterocycles. The van der Waals surface area contributed by atoms with Crippen LogP contribution in [-0.4, -0.2) is 49.3 Å². The summed E-state index contributed by atoms with van der Waals surface area (Å²) in [4.78, 5) is 35.4. The number of hydrogen-bond acceptors (Lipinski definition) is 8. The third-order valence-corrected chi connectivity index (χ3v) is 17.9. The van der Waals surface area contributed by atoms with Gasteiger partial charge < -0.3 is 20.1 Å². The normalized spacial score (nSPS) is 13.5. The molecule has 0 bridgehead atoms. The number of phosphoric ester groups is 1. The molecule has 0 saturated heterocycles. The molecule has 0 fully saturated rings. The van der Waals surface area contributed by atoms with Gasteiger partial charge in [-0.1, -0.05) is 380 Å². The van der Waals surface area contributed by atoms with Gasteiger partial charge >= 0.3 is 19.8 Å². The van der Waals surface area contributed by atoms with Crippen molar-refractivity contribution in [3.05, 3.63) is 109 Å². The molecule has 0 rings (SSSR count). The second-order valence-corrected chi connectivity index (χ2v) is 27.3. The summed E-state index contributed by atoms with van der Waals surface area (Å²) in [5.41, 5.74) is 5.41. The van der Waals surface area contributed by atoms with Gasteiger partial charge in [0.05, 0.1) is 13.2 Å². The molecule has 10 heteroatoms. The maximum atomic E-state index is 12.8. The molecule has 0 spiro atoms. The SMILES string of the molecule is CC/C=C\C/C=C\C/C=C\C/C=C\C/C=C\C/C=C\C/C=C\C/C=C\C/C=C\CCCCCCCCCC(=O)OC(COC(=O)CCCCCCCCCCCCCCCCCCCCCCCCCCCCCCCCCCCCCC)COP(=O)(O)OCCN. The highest BCUT2D eigenvalue weighted by molar-refractivity contribution is 7.47. The Morgan fingerprint density at radius 2 is 0.598 bits per heavy atom. The number of esters is 2. The lowest BCUT2D eigenvalue weighted by Gasteiger charge is -2.19. The first kappa shape index (κ1) is 88.7. The Hall–Kier alpha value is -3.33. The van der Waals surface area contributed by atoms with Crippen molar-refractivity contribution in [2.45, 2.75) is 373 Å². The number of hydrogen-bond donors (Lipinski definition) is 2. The van der Waals surface area contributed by atoms with Crippen molar-refractivity contribution in [2.75, 3.05) is 26.4 Å². The van der Waals surface area contributed by atoms with Crippen molar-refractivity contribution in [1.82, 2.24) is 0 Å². The summed E-state index contributed by atoms with van der Waals surface area (Å²) in [6.45, 7) is 3.66. The van der Waals surface area contributed by atoms with Gasteiger partial charge in [-0.3, -0.25) is 18.6 Å². The van der Waals surface area contributed by atoms with Gasteiger partial charge in [0.1, 0.15) is 6.61 Å². The fraction of sp³-hybridized carbons (Fsp3) is 0.756. The zero-order valence-corrected chi connectivity index (χ0v) is 60.9. The van der Waals surface area contributed by atoms with Crippen molar-refractivity contribution in [3.63, 3.8) is 0 Å². The van der Waals surface area contributed by atoms with E-state index in [1.165, 1.54) is 231 Å². The Kier molecular flexibility index (Phi) is 73.9. The Labute approximate surface area is 569 Å².